The zero-order valence-corrected chi connectivity index (χ0v) is 23.3. The number of rotatable bonds is 3. The maximum atomic E-state index is 13.5. The van der Waals surface area contributed by atoms with Crippen molar-refractivity contribution in [3.8, 4) is 0 Å². The molecule has 0 aromatic heterocycles. The molecule has 0 amide bonds. The Morgan fingerprint density at radius 3 is 2.61 bits per heavy atom. The van der Waals surface area contributed by atoms with E-state index in [1.54, 1.807) is 12.2 Å². The number of fused-ring (bicyclic) bond motifs is 5. The molecular weight excluding hydrogens is 488 g/mol. The van der Waals surface area contributed by atoms with Crippen molar-refractivity contribution in [2.45, 2.75) is 121 Å². The lowest BCUT2D eigenvalue weighted by Crippen LogP contribution is -2.64. The summed E-state index contributed by atoms with van der Waals surface area (Å²) < 4.78 is 24.5. The van der Waals surface area contributed by atoms with E-state index in [9.17, 15) is 19.8 Å². The van der Waals surface area contributed by atoms with E-state index in [0.29, 0.717) is 0 Å². The van der Waals surface area contributed by atoms with Gasteiger partial charge in [-0.2, -0.15) is 0 Å². The third-order valence-corrected chi connectivity index (χ3v) is 13.0. The fraction of sp³-hybridized carbons (Fsp3) is 0.867. The van der Waals surface area contributed by atoms with E-state index in [1.807, 2.05) is 13.8 Å². The lowest BCUT2D eigenvalue weighted by molar-refractivity contribution is -0.204. The summed E-state index contributed by atoms with van der Waals surface area (Å²) in [6.45, 7) is 12.0. The van der Waals surface area contributed by atoms with E-state index < -0.39 is 34.6 Å². The summed E-state index contributed by atoms with van der Waals surface area (Å²) in [6, 6.07) is 0. The van der Waals surface area contributed by atoms with Crippen LogP contribution in [0.25, 0.3) is 0 Å². The molecule has 2 N–H and O–H groups in total. The summed E-state index contributed by atoms with van der Waals surface area (Å²) in [5.74, 6) is 0.378. The van der Waals surface area contributed by atoms with Crippen molar-refractivity contribution in [1.82, 2.24) is 0 Å². The van der Waals surface area contributed by atoms with Crippen molar-refractivity contribution in [3.63, 3.8) is 0 Å². The van der Waals surface area contributed by atoms with Crippen LogP contribution in [-0.4, -0.2) is 69.5 Å². The van der Waals surface area contributed by atoms with Crippen LogP contribution in [-0.2, 0) is 28.5 Å². The Labute approximate surface area is 224 Å². The van der Waals surface area contributed by atoms with Crippen LogP contribution in [0.1, 0.15) is 73.6 Å². The Kier molecular flexibility index (Phi) is 5.05. The molecule has 0 aromatic rings. The minimum Gasteiger partial charge on any atom is -0.462 e. The Hall–Kier alpha value is -1.32. The number of aliphatic hydroxyl groups is 2. The maximum Gasteiger partial charge on any atom is 0.302 e. The lowest BCUT2D eigenvalue weighted by atomic mass is 9.44. The topological polar surface area (TPSA) is 118 Å². The first-order chi connectivity index (χ1) is 17.7. The summed E-state index contributed by atoms with van der Waals surface area (Å²) in [5, 5.41) is 21.7. The summed E-state index contributed by atoms with van der Waals surface area (Å²) in [4.78, 5) is 25.8. The number of aliphatic hydroxyl groups excluding tert-OH is 2. The number of hydrogen-bond acceptors (Lipinski definition) is 8. The van der Waals surface area contributed by atoms with Gasteiger partial charge in [0.15, 0.2) is 12.1 Å². The average molecular weight is 531 g/mol. The molecule has 15 atom stereocenters. The quantitative estimate of drug-likeness (QED) is 0.423. The van der Waals surface area contributed by atoms with Crippen LogP contribution in [0, 0.1) is 40.4 Å². The predicted octanol–water partition coefficient (Wildman–Crippen LogP) is 2.93. The molecule has 8 nitrogen and oxygen atoms in total. The van der Waals surface area contributed by atoms with Gasteiger partial charge in [-0.1, -0.05) is 13.8 Å². The van der Waals surface area contributed by atoms with Gasteiger partial charge < -0.3 is 29.2 Å². The highest BCUT2D eigenvalue weighted by atomic mass is 16.7. The molecule has 8 heteroatoms. The first kappa shape index (κ1) is 25.6. The molecule has 0 aromatic carbocycles. The Morgan fingerprint density at radius 1 is 1.18 bits per heavy atom. The van der Waals surface area contributed by atoms with Crippen molar-refractivity contribution in [2.24, 2.45) is 40.4 Å². The van der Waals surface area contributed by atoms with E-state index >= 15 is 0 Å². The normalized spacial score (nSPS) is 60.5. The molecule has 1 spiro atoms. The molecule has 210 valence electrons. The molecule has 0 unspecified atom stereocenters. The largest absolute Gasteiger partial charge is 0.462 e. The van der Waals surface area contributed by atoms with Crippen molar-refractivity contribution in [3.05, 3.63) is 12.2 Å². The van der Waals surface area contributed by atoms with Crippen molar-refractivity contribution < 1.29 is 38.7 Å². The molecule has 7 rings (SSSR count). The van der Waals surface area contributed by atoms with Gasteiger partial charge in [-0.05, 0) is 87.7 Å². The standard InChI is InChI=1S/C30H42O8/c1-14(20-13-27(4)29(6,38-27)25(34)36-20)18-12-19(35-15(2)31)24-16-11-23-30(37-23)22(33)8-7-21(32)28(30,5)17(16)9-10-26(18,24)3/h7-8,14,16-20,22-25,33-34H,9-13H2,1-6H3/t14-,16+,17-,18+,19-,20+,22-,23-,24+,25+,26+,27-,28-,29+,30+/m0/s1. The number of ketones is 1. The summed E-state index contributed by atoms with van der Waals surface area (Å²) >= 11 is 0. The molecule has 0 bridgehead atoms. The van der Waals surface area contributed by atoms with E-state index in [-0.39, 0.29) is 65.1 Å². The molecular formula is C30H42O8. The van der Waals surface area contributed by atoms with Gasteiger partial charge in [0.25, 0.3) is 0 Å². The van der Waals surface area contributed by atoms with E-state index in [2.05, 4.69) is 20.8 Å². The number of ether oxygens (including phenoxy) is 4. The highest BCUT2D eigenvalue weighted by Crippen LogP contribution is 2.73. The Morgan fingerprint density at radius 2 is 1.92 bits per heavy atom. The molecule has 3 saturated carbocycles. The molecule has 3 saturated heterocycles. The average Bonchev–Trinajstić information content (AvgIpc) is 3.68. The van der Waals surface area contributed by atoms with Gasteiger partial charge in [0.1, 0.15) is 29.0 Å². The number of epoxide rings is 2. The summed E-state index contributed by atoms with van der Waals surface area (Å²) in [7, 11) is 0. The van der Waals surface area contributed by atoms with Gasteiger partial charge in [0.2, 0.25) is 0 Å². The number of esters is 1. The second-order valence-corrected chi connectivity index (χ2v) is 14.4. The second-order valence-electron chi connectivity index (χ2n) is 14.4. The smallest absolute Gasteiger partial charge is 0.302 e. The molecule has 4 aliphatic carbocycles. The Balaban J connectivity index is 1.23. The highest BCUT2D eigenvalue weighted by molar-refractivity contribution is 5.98. The molecule has 3 aliphatic heterocycles. The van der Waals surface area contributed by atoms with Crippen LogP contribution in [0.15, 0.2) is 12.2 Å². The number of carbonyl (C=O) groups is 2. The second kappa shape index (κ2) is 7.49. The summed E-state index contributed by atoms with van der Waals surface area (Å²) in [5.41, 5.74) is -2.79. The van der Waals surface area contributed by atoms with Crippen LogP contribution < -0.4 is 0 Å². The van der Waals surface area contributed by atoms with Crippen LogP contribution >= 0.6 is 0 Å². The molecule has 6 fully saturated rings. The third kappa shape index (κ3) is 2.84. The molecule has 3 heterocycles. The van der Waals surface area contributed by atoms with E-state index in [1.165, 1.54) is 6.92 Å². The van der Waals surface area contributed by atoms with Crippen molar-refractivity contribution in [2.75, 3.05) is 0 Å². The van der Waals surface area contributed by atoms with Gasteiger partial charge in [0.05, 0.1) is 17.6 Å². The number of hydrogen-bond donors (Lipinski definition) is 2. The minimum atomic E-state index is -0.964. The zero-order chi connectivity index (χ0) is 27.2. The first-order valence-corrected chi connectivity index (χ1v) is 14.5. The third-order valence-electron chi connectivity index (χ3n) is 13.0. The molecule has 0 radical (unpaired) electrons. The van der Waals surface area contributed by atoms with E-state index in [0.717, 1.165) is 32.1 Å². The van der Waals surface area contributed by atoms with E-state index in [4.69, 9.17) is 18.9 Å². The fourth-order valence-corrected chi connectivity index (χ4v) is 10.7. The van der Waals surface area contributed by atoms with Gasteiger partial charge in [0, 0.05) is 19.3 Å². The van der Waals surface area contributed by atoms with Crippen molar-refractivity contribution >= 4 is 11.8 Å². The van der Waals surface area contributed by atoms with Gasteiger partial charge >= 0.3 is 5.97 Å². The highest BCUT2D eigenvalue weighted by Gasteiger charge is 2.81. The van der Waals surface area contributed by atoms with Crippen LogP contribution in [0.2, 0.25) is 0 Å². The minimum absolute atomic E-state index is 0.0425. The molecule has 38 heavy (non-hydrogen) atoms. The van der Waals surface area contributed by atoms with Crippen LogP contribution in [0.5, 0.6) is 0 Å². The first-order valence-electron chi connectivity index (χ1n) is 14.5. The SMILES string of the molecule is CC(=O)O[C@H]1C[C@H]([C@H](C)[C@H]2C[C@]3(C)O[C@]3(C)[C@H](O)O2)[C@@]2(C)CC[C@H]3[C@@H](C[C@@H]4O[C@]45[C@@H](O)C=CC(=O)[C@]35C)[C@H]12. The maximum absolute atomic E-state index is 13.5. The summed E-state index contributed by atoms with van der Waals surface area (Å²) in [6.07, 6.45) is 4.80. The van der Waals surface area contributed by atoms with Gasteiger partial charge in [-0.25, -0.2) is 0 Å². The monoisotopic (exact) mass is 530 g/mol. The fourth-order valence-electron chi connectivity index (χ4n) is 10.7. The Bertz CT molecular complexity index is 1120. The van der Waals surface area contributed by atoms with Crippen molar-refractivity contribution in [1.29, 1.82) is 0 Å². The number of carbonyl (C=O) groups excluding carboxylic acids is 2. The van der Waals surface area contributed by atoms with Gasteiger partial charge in [-0.15, -0.1) is 0 Å². The zero-order valence-electron chi connectivity index (χ0n) is 23.3. The number of allylic oxidation sites excluding steroid dienone is 1. The van der Waals surface area contributed by atoms with Gasteiger partial charge in [-0.3, -0.25) is 9.59 Å². The van der Waals surface area contributed by atoms with Crippen LogP contribution in [0.3, 0.4) is 0 Å². The lowest BCUT2D eigenvalue weighted by Gasteiger charge is -2.58. The predicted molar refractivity (Wildman–Crippen MR) is 135 cm³/mol. The molecule has 7 aliphatic rings. The van der Waals surface area contributed by atoms with Crippen LogP contribution in [0.4, 0.5) is 0 Å².